The summed E-state index contributed by atoms with van der Waals surface area (Å²) in [6.45, 7) is 6.82. The molecule has 1 aliphatic heterocycles. The summed E-state index contributed by atoms with van der Waals surface area (Å²) < 4.78 is 16.0. The summed E-state index contributed by atoms with van der Waals surface area (Å²) in [7, 11) is 0. The highest BCUT2D eigenvalue weighted by Crippen LogP contribution is 2.12. The van der Waals surface area contributed by atoms with Crippen molar-refractivity contribution in [3.05, 3.63) is 47.3 Å². The molecule has 1 aromatic heterocycles. The van der Waals surface area contributed by atoms with Crippen molar-refractivity contribution >= 4 is 5.91 Å². The molecule has 3 rings (SSSR count). The molecular weight excluding hydrogens is 322 g/mol. The lowest BCUT2D eigenvalue weighted by molar-refractivity contribution is 0.0305. The minimum Gasteiger partial charge on any atom is -0.494 e. The van der Waals surface area contributed by atoms with Crippen molar-refractivity contribution in [1.82, 2.24) is 15.4 Å². The van der Waals surface area contributed by atoms with E-state index in [1.165, 1.54) is 0 Å². The highest BCUT2D eigenvalue weighted by molar-refractivity contribution is 5.92. The van der Waals surface area contributed by atoms with Gasteiger partial charge in [-0.25, -0.2) is 0 Å². The second kappa shape index (κ2) is 8.64. The van der Waals surface area contributed by atoms with Crippen molar-refractivity contribution in [3.8, 4) is 5.75 Å². The van der Waals surface area contributed by atoms with Gasteiger partial charge in [0.05, 0.1) is 26.4 Å². The third-order valence-corrected chi connectivity index (χ3v) is 3.96. The van der Waals surface area contributed by atoms with Crippen LogP contribution in [0.5, 0.6) is 5.75 Å². The maximum absolute atomic E-state index is 12.2. The molecule has 134 valence electrons. The Kier molecular flexibility index (Phi) is 6.03. The van der Waals surface area contributed by atoms with Gasteiger partial charge in [0.15, 0.2) is 11.5 Å². The monoisotopic (exact) mass is 345 g/mol. The van der Waals surface area contributed by atoms with Gasteiger partial charge in [0.2, 0.25) is 0 Å². The van der Waals surface area contributed by atoms with Gasteiger partial charge in [-0.05, 0) is 24.6 Å². The number of hydrogen-bond donors (Lipinski definition) is 1. The van der Waals surface area contributed by atoms with Crippen LogP contribution in [0.2, 0.25) is 0 Å². The topological polar surface area (TPSA) is 76.8 Å². The lowest BCUT2D eigenvalue weighted by Crippen LogP contribution is -2.35. The van der Waals surface area contributed by atoms with Crippen molar-refractivity contribution in [1.29, 1.82) is 0 Å². The number of ether oxygens (including phenoxy) is 2. The van der Waals surface area contributed by atoms with Gasteiger partial charge in [-0.1, -0.05) is 17.3 Å². The third-order valence-electron chi connectivity index (χ3n) is 3.96. The Morgan fingerprint density at radius 3 is 2.76 bits per heavy atom. The zero-order valence-corrected chi connectivity index (χ0v) is 14.4. The Bertz CT molecular complexity index is 678. The summed E-state index contributed by atoms with van der Waals surface area (Å²) >= 11 is 0. The third kappa shape index (κ3) is 5.04. The molecule has 0 saturated carbocycles. The van der Waals surface area contributed by atoms with Crippen molar-refractivity contribution in [2.24, 2.45) is 0 Å². The van der Waals surface area contributed by atoms with E-state index >= 15 is 0 Å². The van der Waals surface area contributed by atoms with Gasteiger partial charge in [0, 0.05) is 25.7 Å². The summed E-state index contributed by atoms with van der Waals surface area (Å²) in [4.78, 5) is 14.4. The maximum atomic E-state index is 12.2. The number of carbonyl (C=O) groups is 1. The van der Waals surface area contributed by atoms with Crippen LogP contribution in [0.3, 0.4) is 0 Å². The Balaban J connectivity index is 1.49. The van der Waals surface area contributed by atoms with Crippen LogP contribution in [0.25, 0.3) is 0 Å². The largest absolute Gasteiger partial charge is 0.494 e. The lowest BCUT2D eigenvalue weighted by atomic mass is 10.2. The quantitative estimate of drug-likeness (QED) is 0.825. The van der Waals surface area contributed by atoms with Crippen molar-refractivity contribution in [3.63, 3.8) is 0 Å². The van der Waals surface area contributed by atoms with E-state index in [9.17, 15) is 4.79 Å². The number of hydrogen-bond acceptors (Lipinski definition) is 6. The fraction of sp³-hybridized carbons (Fsp3) is 0.444. The van der Waals surface area contributed by atoms with Crippen LogP contribution in [0.15, 0.2) is 34.9 Å². The number of benzene rings is 1. The van der Waals surface area contributed by atoms with Crippen molar-refractivity contribution in [2.45, 2.75) is 20.0 Å². The number of carbonyl (C=O) groups excluding carboxylic acids is 1. The zero-order valence-electron chi connectivity index (χ0n) is 14.4. The molecule has 0 atom stereocenters. The molecule has 7 nitrogen and oxygen atoms in total. The van der Waals surface area contributed by atoms with Crippen LogP contribution < -0.4 is 10.1 Å². The lowest BCUT2D eigenvalue weighted by Gasteiger charge is -2.25. The van der Waals surface area contributed by atoms with Crippen LogP contribution in [-0.2, 0) is 17.8 Å². The van der Waals surface area contributed by atoms with Crippen molar-refractivity contribution in [2.75, 3.05) is 32.9 Å². The van der Waals surface area contributed by atoms with Gasteiger partial charge < -0.3 is 19.3 Å². The highest BCUT2D eigenvalue weighted by atomic mass is 16.5. The van der Waals surface area contributed by atoms with E-state index in [4.69, 9.17) is 14.0 Å². The van der Waals surface area contributed by atoms with E-state index in [1.807, 2.05) is 31.2 Å². The average Bonchev–Trinajstić information content (AvgIpc) is 3.10. The van der Waals surface area contributed by atoms with Gasteiger partial charge in [0.1, 0.15) is 5.75 Å². The number of morpholine rings is 1. The molecule has 2 aromatic rings. The minimum atomic E-state index is -0.245. The second-order valence-corrected chi connectivity index (χ2v) is 5.83. The van der Waals surface area contributed by atoms with Crippen LogP contribution in [0.4, 0.5) is 0 Å². The molecule has 1 aromatic carbocycles. The first kappa shape index (κ1) is 17.4. The standard InChI is InChI=1S/C18H23N3O4/c1-2-24-15-5-3-14(4-6-15)12-19-18(22)17-11-16(25-20-17)13-21-7-9-23-10-8-21/h3-6,11H,2,7-10,12-13H2,1H3,(H,19,22). The van der Waals surface area contributed by atoms with Crippen LogP contribution in [0.1, 0.15) is 28.7 Å². The summed E-state index contributed by atoms with van der Waals surface area (Å²) in [6.07, 6.45) is 0. The Morgan fingerprint density at radius 1 is 1.28 bits per heavy atom. The summed E-state index contributed by atoms with van der Waals surface area (Å²) in [5.41, 5.74) is 1.29. The molecule has 1 amide bonds. The maximum Gasteiger partial charge on any atom is 0.273 e. The minimum absolute atomic E-state index is 0.245. The predicted molar refractivity (Wildman–Crippen MR) is 91.4 cm³/mol. The SMILES string of the molecule is CCOc1ccc(CNC(=O)c2cc(CN3CCOCC3)on2)cc1. The molecule has 1 N–H and O–H groups in total. The number of amides is 1. The molecule has 0 radical (unpaired) electrons. The molecule has 1 aliphatic rings. The van der Waals surface area contributed by atoms with Crippen LogP contribution in [-0.4, -0.2) is 48.9 Å². The molecule has 1 saturated heterocycles. The Hall–Kier alpha value is -2.38. The van der Waals surface area contributed by atoms with E-state index in [-0.39, 0.29) is 5.91 Å². The summed E-state index contributed by atoms with van der Waals surface area (Å²) in [6, 6.07) is 9.34. The molecule has 0 spiro atoms. The van der Waals surface area contributed by atoms with Gasteiger partial charge >= 0.3 is 0 Å². The molecule has 1 fully saturated rings. The first-order chi connectivity index (χ1) is 12.2. The van der Waals surface area contributed by atoms with E-state index in [0.29, 0.717) is 31.2 Å². The van der Waals surface area contributed by atoms with E-state index < -0.39 is 0 Å². The fourth-order valence-electron chi connectivity index (χ4n) is 2.62. The molecule has 2 heterocycles. The number of nitrogens with one attached hydrogen (secondary N) is 1. The highest BCUT2D eigenvalue weighted by Gasteiger charge is 2.16. The second-order valence-electron chi connectivity index (χ2n) is 5.83. The summed E-state index contributed by atoms with van der Waals surface area (Å²) in [5.74, 6) is 1.26. The molecule has 25 heavy (non-hydrogen) atoms. The molecule has 0 unspecified atom stereocenters. The Labute approximate surface area is 146 Å². The van der Waals surface area contributed by atoms with Gasteiger partial charge in [-0.2, -0.15) is 0 Å². The molecule has 0 bridgehead atoms. The normalized spacial score (nSPS) is 15.1. The van der Waals surface area contributed by atoms with E-state index in [2.05, 4.69) is 15.4 Å². The average molecular weight is 345 g/mol. The van der Waals surface area contributed by atoms with E-state index in [1.54, 1.807) is 6.07 Å². The van der Waals surface area contributed by atoms with Gasteiger partial charge in [0.25, 0.3) is 5.91 Å². The van der Waals surface area contributed by atoms with Gasteiger partial charge in [-0.3, -0.25) is 9.69 Å². The van der Waals surface area contributed by atoms with Gasteiger partial charge in [-0.15, -0.1) is 0 Å². The molecule has 7 heteroatoms. The fourth-order valence-corrected chi connectivity index (χ4v) is 2.62. The number of nitrogens with zero attached hydrogens (tertiary/aromatic N) is 2. The Morgan fingerprint density at radius 2 is 2.04 bits per heavy atom. The first-order valence-electron chi connectivity index (χ1n) is 8.50. The van der Waals surface area contributed by atoms with Crippen LogP contribution >= 0.6 is 0 Å². The molecular formula is C18H23N3O4. The smallest absolute Gasteiger partial charge is 0.273 e. The van der Waals surface area contributed by atoms with E-state index in [0.717, 1.165) is 37.6 Å². The first-order valence-corrected chi connectivity index (χ1v) is 8.50. The van der Waals surface area contributed by atoms with Crippen LogP contribution in [0, 0.1) is 0 Å². The molecule has 0 aliphatic carbocycles. The zero-order chi connectivity index (χ0) is 17.5. The van der Waals surface area contributed by atoms with Crippen molar-refractivity contribution < 1.29 is 18.8 Å². The number of aromatic nitrogens is 1. The predicted octanol–water partition coefficient (Wildman–Crippen LogP) is 1.84. The number of rotatable bonds is 7. The summed E-state index contributed by atoms with van der Waals surface area (Å²) in [5, 5.41) is 6.72.